The minimum Gasteiger partial charge on any atom is -0.464 e. The van der Waals surface area contributed by atoms with Gasteiger partial charge in [-0.2, -0.15) is 0 Å². The second-order valence-electron chi connectivity index (χ2n) is 7.09. The zero-order valence-electron chi connectivity index (χ0n) is 15.1. The summed E-state index contributed by atoms with van der Waals surface area (Å²) in [5.74, 6) is 0.831. The van der Waals surface area contributed by atoms with Crippen molar-refractivity contribution < 1.29 is 14.3 Å². The van der Waals surface area contributed by atoms with Crippen LogP contribution in [-0.4, -0.2) is 17.6 Å². The molecular weight excluding hydrogens is 358 g/mol. The summed E-state index contributed by atoms with van der Waals surface area (Å²) in [6, 6.07) is 15.4. The summed E-state index contributed by atoms with van der Waals surface area (Å²) in [6.07, 6.45) is 4.81. The van der Waals surface area contributed by atoms with Crippen LogP contribution in [0.2, 0.25) is 0 Å². The number of nitrogens with one attached hydrogen (secondary N) is 1. The second-order valence-corrected chi connectivity index (χ2v) is 8.04. The van der Waals surface area contributed by atoms with E-state index in [1.165, 1.54) is 0 Å². The maximum Gasteiger partial charge on any atom is 0.231 e. The normalized spacial score (nSPS) is 16.9. The molecule has 2 aromatic heterocycles. The third-order valence-electron chi connectivity index (χ3n) is 5.44. The van der Waals surface area contributed by atoms with Gasteiger partial charge in [0.2, 0.25) is 5.91 Å². The Balaban J connectivity index is 1.41. The van der Waals surface area contributed by atoms with Crippen molar-refractivity contribution in [3.63, 3.8) is 0 Å². The highest BCUT2D eigenvalue weighted by molar-refractivity contribution is 7.10. The molecule has 4 nitrogen and oxygen atoms in total. The van der Waals surface area contributed by atoms with Crippen LogP contribution in [-0.2, 0) is 10.2 Å². The molecule has 140 valence electrons. The van der Waals surface area contributed by atoms with E-state index < -0.39 is 11.5 Å². The lowest BCUT2D eigenvalue weighted by Crippen LogP contribution is -2.43. The Morgan fingerprint density at radius 1 is 1.15 bits per heavy atom. The molecule has 0 aliphatic heterocycles. The van der Waals surface area contributed by atoms with Gasteiger partial charge in [-0.15, -0.1) is 11.3 Å². The maximum atomic E-state index is 13.0. The fraction of sp³-hybridized carbons (Fsp3) is 0.318. The standard InChI is InChI=1S/C22H23NO3S/c24-18(16-7-9-17(10-8-16)19-5-3-13-26-19)15-23-21(25)22(11-1-2-12-22)20-6-4-14-27-20/h3-10,13-14,18,24H,1-2,11-12,15H2,(H,23,25)/t18-/m1/s1. The van der Waals surface area contributed by atoms with E-state index in [0.717, 1.165) is 47.4 Å². The van der Waals surface area contributed by atoms with Gasteiger partial charge < -0.3 is 14.8 Å². The van der Waals surface area contributed by atoms with Gasteiger partial charge >= 0.3 is 0 Å². The molecule has 1 aliphatic rings. The Morgan fingerprint density at radius 2 is 1.93 bits per heavy atom. The van der Waals surface area contributed by atoms with Gasteiger partial charge in [0.05, 0.1) is 17.8 Å². The first-order chi connectivity index (χ1) is 13.2. The van der Waals surface area contributed by atoms with E-state index in [9.17, 15) is 9.90 Å². The number of carbonyl (C=O) groups excluding carboxylic acids is 1. The lowest BCUT2D eigenvalue weighted by atomic mass is 9.83. The number of amides is 1. The third-order valence-corrected chi connectivity index (χ3v) is 6.52. The van der Waals surface area contributed by atoms with E-state index in [2.05, 4.69) is 11.4 Å². The average Bonchev–Trinajstić information content (AvgIpc) is 3.47. The molecule has 27 heavy (non-hydrogen) atoms. The summed E-state index contributed by atoms with van der Waals surface area (Å²) in [4.78, 5) is 14.1. The molecule has 0 bridgehead atoms. The molecule has 0 saturated heterocycles. The van der Waals surface area contributed by atoms with Gasteiger partial charge in [0.1, 0.15) is 5.76 Å². The fourth-order valence-electron chi connectivity index (χ4n) is 3.90. The maximum absolute atomic E-state index is 13.0. The second kappa shape index (κ2) is 7.71. The highest BCUT2D eigenvalue weighted by atomic mass is 32.1. The molecule has 1 atom stereocenters. The summed E-state index contributed by atoms with van der Waals surface area (Å²) < 4.78 is 5.38. The molecule has 2 heterocycles. The van der Waals surface area contributed by atoms with Crippen molar-refractivity contribution in [1.29, 1.82) is 0 Å². The van der Waals surface area contributed by atoms with Crippen LogP contribution in [0.25, 0.3) is 11.3 Å². The van der Waals surface area contributed by atoms with E-state index in [1.807, 2.05) is 47.8 Å². The van der Waals surface area contributed by atoms with E-state index in [-0.39, 0.29) is 12.5 Å². The smallest absolute Gasteiger partial charge is 0.231 e. The topological polar surface area (TPSA) is 62.5 Å². The number of aliphatic hydroxyl groups is 1. The number of hydrogen-bond donors (Lipinski definition) is 2. The Kier molecular flexibility index (Phi) is 5.14. The van der Waals surface area contributed by atoms with Crippen LogP contribution >= 0.6 is 11.3 Å². The van der Waals surface area contributed by atoms with Crippen LogP contribution in [0.15, 0.2) is 64.6 Å². The fourth-order valence-corrected chi connectivity index (χ4v) is 4.89. The SMILES string of the molecule is O=C(NC[C@@H](O)c1ccc(-c2ccco2)cc1)C1(c2cccs2)CCCC1. The molecular formula is C22H23NO3S. The molecule has 1 aromatic carbocycles. The van der Waals surface area contributed by atoms with Gasteiger partial charge in [-0.1, -0.05) is 43.2 Å². The molecule has 2 N–H and O–H groups in total. The third kappa shape index (κ3) is 3.57. The summed E-state index contributed by atoms with van der Waals surface area (Å²) >= 11 is 1.65. The van der Waals surface area contributed by atoms with Crippen molar-refractivity contribution in [3.8, 4) is 11.3 Å². The lowest BCUT2D eigenvalue weighted by Gasteiger charge is -2.27. The summed E-state index contributed by atoms with van der Waals surface area (Å²) in [7, 11) is 0. The largest absolute Gasteiger partial charge is 0.464 e. The molecule has 0 unspecified atom stereocenters. The molecule has 1 fully saturated rings. The van der Waals surface area contributed by atoms with Crippen molar-refractivity contribution in [1.82, 2.24) is 5.32 Å². The van der Waals surface area contributed by atoms with Crippen LogP contribution in [0.3, 0.4) is 0 Å². The summed E-state index contributed by atoms with van der Waals surface area (Å²) in [5, 5.41) is 15.5. The number of carbonyl (C=O) groups is 1. The van der Waals surface area contributed by atoms with Crippen LogP contribution in [0.1, 0.15) is 42.2 Å². The Hall–Kier alpha value is -2.37. The predicted octanol–water partition coefficient (Wildman–Crippen LogP) is 4.67. The van der Waals surface area contributed by atoms with Gasteiger partial charge in [-0.05, 0) is 42.0 Å². The molecule has 0 radical (unpaired) electrons. The van der Waals surface area contributed by atoms with E-state index >= 15 is 0 Å². The molecule has 1 saturated carbocycles. The molecule has 3 aromatic rings. The van der Waals surface area contributed by atoms with E-state index in [0.29, 0.717) is 0 Å². The van der Waals surface area contributed by atoms with Crippen molar-refractivity contribution in [2.45, 2.75) is 37.2 Å². The Morgan fingerprint density at radius 3 is 2.56 bits per heavy atom. The molecule has 4 rings (SSSR count). The minimum absolute atomic E-state index is 0.0358. The molecule has 1 aliphatic carbocycles. The van der Waals surface area contributed by atoms with Crippen LogP contribution in [0, 0.1) is 0 Å². The Bertz CT molecular complexity index is 863. The minimum atomic E-state index is -0.735. The Labute approximate surface area is 162 Å². The zero-order valence-corrected chi connectivity index (χ0v) is 15.9. The highest BCUT2D eigenvalue weighted by Gasteiger charge is 2.43. The number of rotatable bonds is 6. The first kappa shape index (κ1) is 18.0. The van der Waals surface area contributed by atoms with E-state index in [4.69, 9.17) is 4.42 Å². The first-order valence-corrected chi connectivity index (χ1v) is 10.2. The highest BCUT2D eigenvalue weighted by Crippen LogP contribution is 2.43. The molecule has 5 heteroatoms. The first-order valence-electron chi connectivity index (χ1n) is 9.33. The van der Waals surface area contributed by atoms with Gasteiger partial charge in [-0.25, -0.2) is 0 Å². The number of benzene rings is 1. The van der Waals surface area contributed by atoms with Crippen molar-refractivity contribution in [2.24, 2.45) is 0 Å². The van der Waals surface area contributed by atoms with E-state index in [1.54, 1.807) is 17.6 Å². The van der Waals surface area contributed by atoms with Crippen LogP contribution < -0.4 is 5.32 Å². The summed E-state index contributed by atoms with van der Waals surface area (Å²) in [6.45, 7) is 0.214. The van der Waals surface area contributed by atoms with Crippen LogP contribution in [0.4, 0.5) is 0 Å². The number of thiophene rings is 1. The lowest BCUT2D eigenvalue weighted by molar-refractivity contribution is -0.127. The quantitative estimate of drug-likeness (QED) is 0.652. The number of aliphatic hydroxyl groups excluding tert-OH is 1. The van der Waals surface area contributed by atoms with Crippen LogP contribution in [0.5, 0.6) is 0 Å². The van der Waals surface area contributed by atoms with Crippen molar-refractivity contribution >= 4 is 17.2 Å². The van der Waals surface area contributed by atoms with Gasteiger partial charge in [0.25, 0.3) is 0 Å². The average molecular weight is 381 g/mol. The van der Waals surface area contributed by atoms with Gasteiger partial charge in [-0.3, -0.25) is 4.79 Å². The number of furan rings is 1. The summed E-state index contributed by atoms with van der Waals surface area (Å²) in [5.41, 5.74) is 1.32. The number of hydrogen-bond acceptors (Lipinski definition) is 4. The molecule has 1 amide bonds. The van der Waals surface area contributed by atoms with Crippen molar-refractivity contribution in [3.05, 3.63) is 70.6 Å². The van der Waals surface area contributed by atoms with Crippen molar-refractivity contribution in [2.75, 3.05) is 6.54 Å². The molecule has 0 spiro atoms. The predicted molar refractivity (Wildman–Crippen MR) is 107 cm³/mol. The zero-order chi connectivity index (χ0) is 18.7. The van der Waals surface area contributed by atoms with Gasteiger partial charge in [0, 0.05) is 17.0 Å². The monoisotopic (exact) mass is 381 g/mol. The van der Waals surface area contributed by atoms with Gasteiger partial charge in [0.15, 0.2) is 0 Å².